The maximum Gasteiger partial charge on any atom is 0.258 e. The van der Waals surface area contributed by atoms with Gasteiger partial charge in [-0.15, -0.1) is 11.3 Å². The van der Waals surface area contributed by atoms with E-state index in [2.05, 4.69) is 43.1 Å². The van der Waals surface area contributed by atoms with E-state index in [1.165, 1.54) is 17.5 Å². The number of halogens is 3. The molecule has 0 saturated heterocycles. The van der Waals surface area contributed by atoms with Crippen LogP contribution in [0.3, 0.4) is 0 Å². The number of alkyl halides is 1. The molecule has 0 bridgehead atoms. The molecule has 0 aliphatic carbocycles. The third-order valence-corrected chi connectivity index (χ3v) is 7.17. The lowest BCUT2D eigenvalue weighted by molar-refractivity contribution is 0.102. The molecule has 3 aromatic heterocycles. The zero-order valence-electron chi connectivity index (χ0n) is 20.6. The Hall–Kier alpha value is -3.41. The van der Waals surface area contributed by atoms with Gasteiger partial charge in [-0.05, 0) is 60.7 Å². The number of hydrogen-bond donors (Lipinski definition) is 3. The number of Topliss-reactive ketones (excluding diaryl/α,β-unsaturated/α-hetero) is 1. The largest absolute Gasteiger partial charge is 0.389 e. The molecule has 0 aliphatic heterocycles. The zero-order chi connectivity index (χ0) is 29.1. The molecule has 0 spiro atoms. The van der Waals surface area contributed by atoms with Gasteiger partial charge in [0.15, 0.2) is 5.78 Å². The quantitative estimate of drug-likeness (QED) is 0.108. The van der Waals surface area contributed by atoms with Crippen LogP contribution < -0.4 is 16.9 Å². The summed E-state index contributed by atoms with van der Waals surface area (Å²) < 4.78 is 0. The van der Waals surface area contributed by atoms with Crippen molar-refractivity contribution in [1.29, 1.82) is 0 Å². The molecule has 0 radical (unpaired) electrons. The number of aromatic nitrogens is 3. The summed E-state index contributed by atoms with van der Waals surface area (Å²) in [5.74, 6) is 0.0710. The maximum absolute atomic E-state index is 11.7. The van der Waals surface area contributed by atoms with Crippen LogP contribution in [0.15, 0.2) is 100 Å². The molecule has 2 aromatic carbocycles. The molecule has 0 saturated carbocycles. The van der Waals surface area contributed by atoms with E-state index in [4.69, 9.17) is 28.9 Å². The van der Waals surface area contributed by atoms with Gasteiger partial charge >= 0.3 is 0 Å². The summed E-state index contributed by atoms with van der Waals surface area (Å²) in [6, 6.07) is 21.1. The van der Waals surface area contributed by atoms with Crippen LogP contribution in [0.1, 0.15) is 15.9 Å². The van der Waals surface area contributed by atoms with Crippen LogP contribution in [0.25, 0.3) is 21.8 Å². The molecule has 12 heteroatoms. The maximum atomic E-state index is 11.7. The van der Waals surface area contributed by atoms with Gasteiger partial charge in [0.25, 0.3) is 11.1 Å². The molecule has 0 amide bonds. The van der Waals surface area contributed by atoms with E-state index in [9.17, 15) is 14.4 Å². The first kappa shape index (κ1) is 31.1. The number of carbonyl (C=O) groups excluding carboxylic acids is 1. The second kappa shape index (κ2) is 15.4. The van der Waals surface area contributed by atoms with Gasteiger partial charge in [-0.1, -0.05) is 63.5 Å². The average Bonchev–Trinajstić information content (AvgIpc) is 3.44. The molecular weight excluding hydrogens is 655 g/mol. The Labute approximate surface area is 257 Å². The van der Waals surface area contributed by atoms with E-state index in [0.29, 0.717) is 37.1 Å². The molecule has 0 unspecified atom stereocenters. The van der Waals surface area contributed by atoms with Crippen molar-refractivity contribution in [3.63, 3.8) is 0 Å². The van der Waals surface area contributed by atoms with Crippen LogP contribution in [0, 0.1) is 0 Å². The van der Waals surface area contributed by atoms with Gasteiger partial charge in [0.1, 0.15) is 10.00 Å². The lowest BCUT2D eigenvalue weighted by Gasteiger charge is -1.96. The molecule has 3 heterocycles. The minimum absolute atomic E-state index is 0.0710. The van der Waals surface area contributed by atoms with Crippen molar-refractivity contribution in [3.8, 4) is 21.8 Å². The standard InChI is InChI=1S/C14H9ClN2OS.C8H6BrClO.C6H6N2OS/c15-10-5-3-9(4-6-10)12-8-19-14(17-12)11-2-1-7-16-13(11)18;9-5-8(11)6-1-3-7(10)4-2-6;7-5(10)4-2-1-3-8-6(4)9/h1-8H,(H,16,18);1-4H,5H2;1-3H,(H2,7,10)(H,8,9). The highest BCUT2D eigenvalue weighted by molar-refractivity contribution is 9.09. The average molecular weight is 676 g/mol. The Bertz CT molecular complexity index is 1700. The van der Waals surface area contributed by atoms with Crippen LogP contribution in [0.5, 0.6) is 0 Å². The van der Waals surface area contributed by atoms with Crippen LogP contribution in [0.2, 0.25) is 10.0 Å². The van der Waals surface area contributed by atoms with Gasteiger partial charge in [0.05, 0.1) is 22.2 Å². The molecular formula is C28H21BrCl2N4O3S2. The summed E-state index contributed by atoms with van der Waals surface area (Å²) in [6.07, 6.45) is 3.14. The number of nitrogens with one attached hydrogen (secondary N) is 2. The number of rotatable bonds is 5. The van der Waals surface area contributed by atoms with E-state index in [1.807, 2.05) is 29.6 Å². The normalized spacial score (nSPS) is 9.97. The van der Waals surface area contributed by atoms with Gasteiger partial charge in [0, 0.05) is 38.9 Å². The lowest BCUT2D eigenvalue weighted by Crippen LogP contribution is -2.21. The number of nitrogens with two attached hydrogens (primary N) is 1. The number of H-pyrrole nitrogens is 2. The summed E-state index contributed by atoms with van der Waals surface area (Å²) in [7, 11) is 0. The highest BCUT2D eigenvalue weighted by Gasteiger charge is 2.09. The number of nitrogens with zero attached hydrogens (tertiary/aromatic N) is 1. The van der Waals surface area contributed by atoms with E-state index in [1.54, 1.807) is 54.7 Å². The van der Waals surface area contributed by atoms with Crippen molar-refractivity contribution in [2.75, 3.05) is 5.33 Å². The fourth-order valence-corrected chi connectivity index (χ4v) is 4.66. The SMILES string of the molecule is NC(=S)c1ccc[nH]c1=O.O=C(CBr)c1ccc(Cl)cc1.O=c1[nH]cccc1-c1nc(-c2ccc(Cl)cc2)cs1. The monoisotopic (exact) mass is 674 g/mol. The first-order valence-corrected chi connectivity index (χ1v) is 14.6. The van der Waals surface area contributed by atoms with Gasteiger partial charge in [-0.2, -0.15) is 0 Å². The van der Waals surface area contributed by atoms with E-state index < -0.39 is 0 Å². The summed E-state index contributed by atoms with van der Waals surface area (Å²) in [5.41, 5.74) is 8.33. The number of thiocarbonyl (C=S) groups is 1. The molecule has 0 atom stereocenters. The highest BCUT2D eigenvalue weighted by Crippen LogP contribution is 2.27. The molecule has 7 nitrogen and oxygen atoms in total. The molecule has 5 aromatic rings. The van der Waals surface area contributed by atoms with Gasteiger partial charge in [0.2, 0.25) is 0 Å². The summed E-state index contributed by atoms with van der Waals surface area (Å²) in [6.45, 7) is 0. The smallest absolute Gasteiger partial charge is 0.258 e. The molecule has 0 fully saturated rings. The Balaban J connectivity index is 0.000000180. The molecule has 4 N–H and O–H groups in total. The highest BCUT2D eigenvalue weighted by atomic mass is 79.9. The van der Waals surface area contributed by atoms with E-state index >= 15 is 0 Å². The Morgan fingerprint density at radius 1 is 0.900 bits per heavy atom. The second-order valence-corrected chi connectivity index (χ2v) is 10.5. The van der Waals surface area contributed by atoms with Crippen molar-refractivity contribution in [2.24, 2.45) is 5.73 Å². The first-order valence-electron chi connectivity index (χ1n) is 11.4. The van der Waals surface area contributed by atoms with Crippen LogP contribution in [-0.2, 0) is 0 Å². The minimum Gasteiger partial charge on any atom is -0.389 e. The number of pyridine rings is 2. The van der Waals surface area contributed by atoms with Crippen molar-refractivity contribution < 1.29 is 4.79 Å². The fraction of sp³-hybridized carbons (Fsp3) is 0.0357. The summed E-state index contributed by atoms with van der Waals surface area (Å²) >= 11 is 20.6. The topological polar surface area (TPSA) is 122 Å². The molecule has 0 aliphatic rings. The number of ketones is 1. The number of hydrogen-bond acceptors (Lipinski definition) is 6. The summed E-state index contributed by atoms with van der Waals surface area (Å²) in [4.78, 5) is 43.3. The van der Waals surface area contributed by atoms with Gasteiger partial charge in [-0.3, -0.25) is 14.4 Å². The lowest BCUT2D eigenvalue weighted by atomic mass is 10.2. The predicted octanol–water partition coefficient (Wildman–Crippen LogP) is 6.75. The van der Waals surface area contributed by atoms with E-state index in [-0.39, 0.29) is 21.9 Å². The van der Waals surface area contributed by atoms with Crippen molar-refractivity contribution in [3.05, 3.63) is 132 Å². The van der Waals surface area contributed by atoms with Crippen molar-refractivity contribution in [2.45, 2.75) is 0 Å². The van der Waals surface area contributed by atoms with E-state index in [0.717, 1.165) is 11.3 Å². The number of thiazole rings is 1. The van der Waals surface area contributed by atoms with Crippen molar-refractivity contribution >= 4 is 73.5 Å². The molecule has 204 valence electrons. The van der Waals surface area contributed by atoms with Crippen LogP contribution >= 0.6 is 62.7 Å². The first-order chi connectivity index (χ1) is 19.2. The van der Waals surface area contributed by atoms with Crippen LogP contribution in [0.4, 0.5) is 0 Å². The zero-order valence-corrected chi connectivity index (χ0v) is 25.3. The Morgan fingerprint density at radius 2 is 1.48 bits per heavy atom. The minimum atomic E-state index is -0.241. The molecule has 5 rings (SSSR count). The predicted molar refractivity (Wildman–Crippen MR) is 171 cm³/mol. The van der Waals surface area contributed by atoms with Gasteiger partial charge < -0.3 is 15.7 Å². The summed E-state index contributed by atoms with van der Waals surface area (Å²) in [5, 5.41) is 4.35. The number of benzene rings is 2. The third kappa shape index (κ3) is 9.07. The van der Waals surface area contributed by atoms with Gasteiger partial charge in [-0.25, -0.2) is 4.98 Å². The molecule has 40 heavy (non-hydrogen) atoms. The second-order valence-electron chi connectivity index (χ2n) is 7.80. The fourth-order valence-electron chi connectivity index (χ4n) is 3.07. The number of aromatic amines is 2. The Morgan fingerprint density at radius 3 is 2.00 bits per heavy atom. The van der Waals surface area contributed by atoms with Crippen molar-refractivity contribution in [1.82, 2.24) is 15.0 Å². The Kier molecular flexibility index (Phi) is 12.0. The third-order valence-electron chi connectivity index (χ3n) is 5.06. The number of carbonyl (C=O) groups is 1. The van der Waals surface area contributed by atoms with Crippen LogP contribution in [-0.4, -0.2) is 31.1 Å².